The summed E-state index contributed by atoms with van der Waals surface area (Å²) in [5.41, 5.74) is 0.234. The molecule has 0 saturated carbocycles. The maximum absolute atomic E-state index is 10.8. The summed E-state index contributed by atoms with van der Waals surface area (Å²) in [6.07, 6.45) is 3.71. The Morgan fingerprint density at radius 1 is 1.47 bits per heavy atom. The fourth-order valence-electron chi connectivity index (χ4n) is 2.64. The van der Waals surface area contributed by atoms with Crippen LogP contribution in [-0.4, -0.2) is 54.6 Å². The van der Waals surface area contributed by atoms with Crippen LogP contribution in [0.4, 0.5) is 0 Å². The monoisotopic (exact) mass is 266 g/mol. The van der Waals surface area contributed by atoms with Crippen LogP contribution in [0.2, 0.25) is 0 Å². The lowest BCUT2D eigenvalue weighted by atomic mass is 9.96. The van der Waals surface area contributed by atoms with Gasteiger partial charge in [0.15, 0.2) is 0 Å². The average Bonchev–Trinajstić information content (AvgIpc) is 2.80. The van der Waals surface area contributed by atoms with Crippen LogP contribution in [0.3, 0.4) is 0 Å². The van der Waals surface area contributed by atoms with Crippen molar-refractivity contribution in [2.45, 2.75) is 19.4 Å². The van der Waals surface area contributed by atoms with Gasteiger partial charge in [-0.1, -0.05) is 0 Å². The van der Waals surface area contributed by atoms with E-state index in [1.807, 2.05) is 0 Å². The molecule has 1 N–H and O–H groups in total. The van der Waals surface area contributed by atoms with Crippen molar-refractivity contribution in [3.8, 4) is 0 Å². The molecule has 5 nitrogen and oxygen atoms in total. The Morgan fingerprint density at radius 3 is 2.68 bits per heavy atom. The SMILES string of the molecule is CN(C)CC1CCN(Cc2cc(C(=O)O)co2)CC1. The van der Waals surface area contributed by atoms with E-state index in [0.29, 0.717) is 6.54 Å². The van der Waals surface area contributed by atoms with Gasteiger partial charge in [-0.25, -0.2) is 4.79 Å². The molecule has 1 aromatic rings. The van der Waals surface area contributed by atoms with E-state index in [-0.39, 0.29) is 5.56 Å². The van der Waals surface area contributed by atoms with Crippen LogP contribution in [-0.2, 0) is 6.54 Å². The van der Waals surface area contributed by atoms with Gasteiger partial charge in [-0.05, 0) is 52.0 Å². The van der Waals surface area contributed by atoms with E-state index in [2.05, 4.69) is 23.9 Å². The number of hydrogen-bond donors (Lipinski definition) is 1. The Balaban J connectivity index is 1.80. The summed E-state index contributed by atoms with van der Waals surface area (Å²) < 4.78 is 5.29. The maximum Gasteiger partial charge on any atom is 0.338 e. The second kappa shape index (κ2) is 6.21. The highest BCUT2D eigenvalue weighted by Gasteiger charge is 2.20. The first-order valence-corrected chi connectivity index (χ1v) is 6.72. The molecule has 0 aliphatic carbocycles. The van der Waals surface area contributed by atoms with Crippen molar-refractivity contribution >= 4 is 5.97 Å². The smallest absolute Gasteiger partial charge is 0.338 e. The predicted molar refractivity (Wildman–Crippen MR) is 72.2 cm³/mol. The molecule has 19 heavy (non-hydrogen) atoms. The van der Waals surface area contributed by atoms with Gasteiger partial charge in [0.05, 0.1) is 12.1 Å². The molecule has 106 valence electrons. The lowest BCUT2D eigenvalue weighted by molar-refractivity contribution is 0.0696. The number of hydrogen-bond acceptors (Lipinski definition) is 4. The molecule has 0 bridgehead atoms. The van der Waals surface area contributed by atoms with Crippen molar-refractivity contribution in [3.63, 3.8) is 0 Å². The van der Waals surface area contributed by atoms with Gasteiger partial charge in [0.2, 0.25) is 0 Å². The van der Waals surface area contributed by atoms with Crippen molar-refractivity contribution in [2.24, 2.45) is 5.92 Å². The molecule has 2 rings (SSSR count). The zero-order chi connectivity index (χ0) is 13.8. The Kier molecular flexibility index (Phi) is 4.61. The lowest BCUT2D eigenvalue weighted by Gasteiger charge is -2.32. The molecule has 0 amide bonds. The Hall–Kier alpha value is -1.33. The second-order valence-corrected chi connectivity index (χ2v) is 5.59. The van der Waals surface area contributed by atoms with Crippen molar-refractivity contribution in [1.29, 1.82) is 0 Å². The van der Waals surface area contributed by atoms with Crippen LogP contribution < -0.4 is 0 Å². The normalized spacial score (nSPS) is 18.1. The van der Waals surface area contributed by atoms with E-state index >= 15 is 0 Å². The van der Waals surface area contributed by atoms with Gasteiger partial charge in [-0.15, -0.1) is 0 Å². The van der Waals surface area contributed by atoms with Gasteiger partial charge in [0.25, 0.3) is 0 Å². The third-order valence-corrected chi connectivity index (χ3v) is 3.61. The standard InChI is InChI=1S/C14H22N2O3/c1-15(2)8-11-3-5-16(6-4-11)9-13-7-12(10-19-13)14(17)18/h7,10-11H,3-6,8-9H2,1-2H3,(H,17,18). The van der Waals surface area contributed by atoms with Crippen LogP contribution in [0.25, 0.3) is 0 Å². The zero-order valence-electron chi connectivity index (χ0n) is 11.6. The molecule has 0 aromatic carbocycles. The molecule has 2 heterocycles. The van der Waals surface area contributed by atoms with E-state index in [0.717, 1.165) is 31.3 Å². The van der Waals surface area contributed by atoms with Gasteiger partial charge in [0.1, 0.15) is 12.0 Å². The Bertz CT molecular complexity index is 420. The molecule has 0 atom stereocenters. The summed E-state index contributed by atoms with van der Waals surface area (Å²) in [5, 5.41) is 8.84. The van der Waals surface area contributed by atoms with Crippen molar-refractivity contribution in [2.75, 3.05) is 33.7 Å². The number of carboxylic acid groups (broad SMARTS) is 1. The second-order valence-electron chi connectivity index (χ2n) is 5.59. The third-order valence-electron chi connectivity index (χ3n) is 3.61. The third kappa shape index (κ3) is 4.08. The molecular formula is C14H22N2O3. The zero-order valence-corrected chi connectivity index (χ0v) is 11.6. The largest absolute Gasteiger partial charge is 0.478 e. The Morgan fingerprint density at radius 2 is 2.16 bits per heavy atom. The summed E-state index contributed by atoms with van der Waals surface area (Å²) in [6, 6.07) is 1.62. The molecule has 1 aliphatic heterocycles. The minimum Gasteiger partial charge on any atom is -0.478 e. The minimum atomic E-state index is -0.931. The quantitative estimate of drug-likeness (QED) is 0.880. The number of rotatable bonds is 5. The highest BCUT2D eigenvalue weighted by Crippen LogP contribution is 2.20. The van der Waals surface area contributed by atoms with Crippen molar-refractivity contribution < 1.29 is 14.3 Å². The lowest BCUT2D eigenvalue weighted by Crippen LogP contribution is -2.36. The molecule has 0 radical (unpaired) electrons. The molecule has 1 aliphatic rings. The predicted octanol–water partition coefficient (Wildman–Crippen LogP) is 1.75. The average molecular weight is 266 g/mol. The molecule has 1 saturated heterocycles. The summed E-state index contributed by atoms with van der Waals surface area (Å²) in [5.74, 6) is 0.584. The van der Waals surface area contributed by atoms with Gasteiger partial charge in [-0.3, -0.25) is 4.90 Å². The fraction of sp³-hybridized carbons (Fsp3) is 0.643. The first kappa shape index (κ1) is 14.1. The minimum absolute atomic E-state index is 0.234. The van der Waals surface area contributed by atoms with Gasteiger partial charge >= 0.3 is 5.97 Å². The van der Waals surface area contributed by atoms with Crippen LogP contribution in [0.5, 0.6) is 0 Å². The van der Waals surface area contributed by atoms with E-state index < -0.39 is 5.97 Å². The highest BCUT2D eigenvalue weighted by molar-refractivity contribution is 5.87. The van der Waals surface area contributed by atoms with E-state index in [1.165, 1.54) is 19.1 Å². The van der Waals surface area contributed by atoms with E-state index in [4.69, 9.17) is 9.52 Å². The molecule has 5 heteroatoms. The number of carboxylic acids is 1. The number of furan rings is 1. The van der Waals surface area contributed by atoms with Crippen LogP contribution in [0.1, 0.15) is 29.0 Å². The van der Waals surface area contributed by atoms with Gasteiger partial charge in [0, 0.05) is 6.54 Å². The summed E-state index contributed by atoms with van der Waals surface area (Å²) >= 11 is 0. The molecule has 0 unspecified atom stereocenters. The topological polar surface area (TPSA) is 56.9 Å². The van der Waals surface area contributed by atoms with Crippen molar-refractivity contribution in [3.05, 3.63) is 23.7 Å². The molecule has 1 aromatic heterocycles. The van der Waals surface area contributed by atoms with Gasteiger partial charge in [-0.2, -0.15) is 0 Å². The van der Waals surface area contributed by atoms with Crippen LogP contribution >= 0.6 is 0 Å². The van der Waals surface area contributed by atoms with E-state index in [9.17, 15) is 4.79 Å². The molecule has 0 spiro atoms. The first-order chi connectivity index (χ1) is 9.04. The Labute approximate surface area is 113 Å². The number of nitrogens with zero attached hydrogens (tertiary/aromatic N) is 2. The summed E-state index contributed by atoms with van der Waals surface area (Å²) in [6.45, 7) is 3.98. The highest BCUT2D eigenvalue weighted by atomic mass is 16.4. The van der Waals surface area contributed by atoms with E-state index in [1.54, 1.807) is 6.07 Å². The van der Waals surface area contributed by atoms with Crippen LogP contribution in [0.15, 0.2) is 16.7 Å². The number of likely N-dealkylation sites (tertiary alicyclic amines) is 1. The van der Waals surface area contributed by atoms with Gasteiger partial charge < -0.3 is 14.4 Å². The number of aromatic carboxylic acids is 1. The molecule has 1 fully saturated rings. The molecular weight excluding hydrogens is 244 g/mol. The van der Waals surface area contributed by atoms with Crippen LogP contribution in [0, 0.1) is 5.92 Å². The number of carbonyl (C=O) groups is 1. The maximum atomic E-state index is 10.8. The summed E-state index contributed by atoms with van der Waals surface area (Å²) in [4.78, 5) is 15.3. The fourth-order valence-corrected chi connectivity index (χ4v) is 2.64. The summed E-state index contributed by atoms with van der Waals surface area (Å²) in [7, 11) is 4.23. The van der Waals surface area contributed by atoms with Crippen molar-refractivity contribution in [1.82, 2.24) is 9.80 Å². The number of piperidine rings is 1. The first-order valence-electron chi connectivity index (χ1n) is 6.72.